The molecule has 0 saturated carbocycles. The Bertz CT molecular complexity index is 1050. The molecule has 0 radical (unpaired) electrons. The number of nitrogens with one attached hydrogen (secondary N) is 2. The number of fused-ring (bicyclic) bond motifs is 1. The van der Waals surface area contributed by atoms with Crippen molar-refractivity contribution in [3.05, 3.63) is 46.4 Å². The van der Waals surface area contributed by atoms with Gasteiger partial charge in [-0.05, 0) is 49.7 Å². The first-order valence-electron chi connectivity index (χ1n) is 8.98. The molecule has 29 heavy (non-hydrogen) atoms. The van der Waals surface area contributed by atoms with E-state index in [0.29, 0.717) is 33.0 Å². The molecule has 0 bridgehead atoms. The van der Waals surface area contributed by atoms with Gasteiger partial charge in [0.1, 0.15) is 5.75 Å². The number of amides is 2. The summed E-state index contributed by atoms with van der Waals surface area (Å²) in [6.45, 7) is 3.57. The summed E-state index contributed by atoms with van der Waals surface area (Å²) in [5.41, 5.74) is 1.35. The summed E-state index contributed by atoms with van der Waals surface area (Å²) in [4.78, 5) is 28.6. The molecule has 0 aliphatic heterocycles. The van der Waals surface area contributed by atoms with Crippen molar-refractivity contribution in [1.29, 1.82) is 0 Å². The van der Waals surface area contributed by atoms with E-state index in [4.69, 9.17) is 27.9 Å². The van der Waals surface area contributed by atoms with Crippen molar-refractivity contribution in [1.82, 2.24) is 4.98 Å². The molecular weight excluding hydrogens is 433 g/mol. The fourth-order valence-electron chi connectivity index (χ4n) is 2.52. The number of halogens is 2. The fraction of sp³-hybridized carbons (Fsp3) is 0.250. The zero-order valence-electron chi connectivity index (χ0n) is 15.8. The maximum atomic E-state index is 12.5. The number of benzene rings is 2. The predicted octanol–water partition coefficient (Wildman–Crippen LogP) is 5.75. The highest BCUT2D eigenvalue weighted by Crippen LogP contribution is 2.30. The summed E-state index contributed by atoms with van der Waals surface area (Å²) in [5.74, 6) is -0.00708. The first kappa shape index (κ1) is 21.4. The molecule has 0 aliphatic rings. The van der Waals surface area contributed by atoms with E-state index in [0.717, 1.165) is 16.6 Å². The van der Waals surface area contributed by atoms with Gasteiger partial charge in [0.25, 0.3) is 5.91 Å². The van der Waals surface area contributed by atoms with E-state index in [1.165, 1.54) is 11.3 Å². The fourth-order valence-corrected chi connectivity index (χ4v) is 3.90. The van der Waals surface area contributed by atoms with E-state index in [-0.39, 0.29) is 11.8 Å². The number of hydrogen-bond acceptors (Lipinski definition) is 5. The number of hydrogen-bond donors (Lipinski definition) is 2. The lowest BCUT2D eigenvalue weighted by Gasteiger charge is -2.15. The zero-order valence-corrected chi connectivity index (χ0v) is 18.1. The average Bonchev–Trinajstić information content (AvgIpc) is 3.05. The van der Waals surface area contributed by atoms with Crippen LogP contribution in [-0.4, -0.2) is 22.9 Å². The highest BCUT2D eigenvalue weighted by molar-refractivity contribution is 7.22. The van der Waals surface area contributed by atoms with E-state index in [9.17, 15) is 9.59 Å². The summed E-state index contributed by atoms with van der Waals surface area (Å²) in [5, 5.41) is 6.96. The molecule has 2 amide bonds. The standard InChI is InChI=1S/C20H19Cl2N3O3S/c1-3-4-18(26)25-20-24-15-7-6-13(10-17(15)29-20)23-19(27)11(2)28-16-8-5-12(21)9-14(16)22/h5-11H,3-4H2,1-2H3,(H,23,27)(H,24,25,26)/t11-/m0/s1. The second-order valence-corrected chi connectivity index (χ2v) is 8.20. The van der Waals surface area contributed by atoms with Crippen molar-refractivity contribution < 1.29 is 14.3 Å². The van der Waals surface area contributed by atoms with Crippen LogP contribution in [0, 0.1) is 0 Å². The molecule has 6 nitrogen and oxygen atoms in total. The van der Waals surface area contributed by atoms with Gasteiger partial charge in [-0.2, -0.15) is 0 Å². The van der Waals surface area contributed by atoms with Gasteiger partial charge in [0.05, 0.1) is 15.2 Å². The van der Waals surface area contributed by atoms with Gasteiger partial charge in [-0.25, -0.2) is 4.98 Å². The Kier molecular flexibility index (Phi) is 6.95. The van der Waals surface area contributed by atoms with Crippen LogP contribution in [0.2, 0.25) is 10.0 Å². The normalized spacial score (nSPS) is 11.9. The number of nitrogens with zero attached hydrogens (tertiary/aromatic N) is 1. The Hall–Kier alpha value is -2.35. The Balaban J connectivity index is 1.67. The number of anilines is 2. The Morgan fingerprint density at radius 3 is 2.69 bits per heavy atom. The van der Waals surface area contributed by atoms with Gasteiger partial charge in [0.15, 0.2) is 11.2 Å². The molecule has 0 saturated heterocycles. The molecule has 0 unspecified atom stereocenters. The second kappa shape index (κ2) is 9.43. The molecular formula is C20H19Cl2N3O3S. The first-order chi connectivity index (χ1) is 13.9. The second-order valence-electron chi connectivity index (χ2n) is 6.32. The van der Waals surface area contributed by atoms with Gasteiger partial charge in [-0.3, -0.25) is 9.59 Å². The Morgan fingerprint density at radius 2 is 1.97 bits per heavy atom. The SMILES string of the molecule is CCCC(=O)Nc1nc2ccc(NC(=O)[C@H](C)Oc3ccc(Cl)cc3Cl)cc2s1. The molecule has 1 heterocycles. The summed E-state index contributed by atoms with van der Waals surface area (Å²) in [6.07, 6.45) is 0.455. The van der Waals surface area contributed by atoms with Crippen LogP contribution < -0.4 is 15.4 Å². The summed E-state index contributed by atoms with van der Waals surface area (Å²) in [7, 11) is 0. The predicted molar refractivity (Wildman–Crippen MR) is 118 cm³/mol. The van der Waals surface area contributed by atoms with Crippen molar-refractivity contribution in [3.63, 3.8) is 0 Å². The highest BCUT2D eigenvalue weighted by atomic mass is 35.5. The summed E-state index contributed by atoms with van der Waals surface area (Å²) >= 11 is 13.3. The van der Waals surface area contributed by atoms with Gasteiger partial charge in [-0.1, -0.05) is 41.5 Å². The molecule has 0 spiro atoms. The molecule has 2 N–H and O–H groups in total. The largest absolute Gasteiger partial charge is 0.479 e. The van der Waals surface area contributed by atoms with E-state index in [2.05, 4.69) is 15.6 Å². The lowest BCUT2D eigenvalue weighted by atomic mass is 10.2. The van der Waals surface area contributed by atoms with Crippen LogP contribution in [0.3, 0.4) is 0 Å². The van der Waals surface area contributed by atoms with Crippen molar-refractivity contribution in [3.8, 4) is 5.75 Å². The van der Waals surface area contributed by atoms with Gasteiger partial charge < -0.3 is 15.4 Å². The van der Waals surface area contributed by atoms with Gasteiger partial charge >= 0.3 is 0 Å². The zero-order chi connectivity index (χ0) is 21.0. The molecule has 9 heteroatoms. The first-order valence-corrected chi connectivity index (χ1v) is 10.6. The van der Waals surface area contributed by atoms with Crippen molar-refractivity contribution in [2.24, 2.45) is 0 Å². The molecule has 0 fully saturated rings. The third-order valence-electron chi connectivity index (χ3n) is 3.95. The minimum absolute atomic E-state index is 0.0630. The Morgan fingerprint density at radius 1 is 1.17 bits per heavy atom. The Labute approximate surface area is 182 Å². The molecule has 3 rings (SSSR count). The molecule has 1 aromatic heterocycles. The molecule has 1 atom stereocenters. The average molecular weight is 452 g/mol. The minimum atomic E-state index is -0.769. The van der Waals surface area contributed by atoms with Gasteiger partial charge in [0.2, 0.25) is 5.91 Å². The monoisotopic (exact) mass is 451 g/mol. The van der Waals surface area contributed by atoms with Crippen molar-refractivity contribution in [2.75, 3.05) is 10.6 Å². The van der Waals surface area contributed by atoms with Crippen LogP contribution in [0.5, 0.6) is 5.75 Å². The number of aromatic nitrogens is 1. The number of ether oxygens (including phenoxy) is 1. The summed E-state index contributed by atoms with van der Waals surface area (Å²) < 4.78 is 6.48. The van der Waals surface area contributed by atoms with Crippen LogP contribution in [0.25, 0.3) is 10.2 Å². The van der Waals surface area contributed by atoms with E-state index >= 15 is 0 Å². The molecule has 2 aromatic carbocycles. The lowest BCUT2D eigenvalue weighted by molar-refractivity contribution is -0.122. The van der Waals surface area contributed by atoms with Gasteiger partial charge in [0, 0.05) is 17.1 Å². The third kappa shape index (κ3) is 5.59. The molecule has 152 valence electrons. The maximum Gasteiger partial charge on any atom is 0.265 e. The number of carbonyl (C=O) groups is 2. The molecule has 0 aliphatic carbocycles. The topological polar surface area (TPSA) is 80.3 Å². The highest BCUT2D eigenvalue weighted by Gasteiger charge is 2.17. The van der Waals surface area contributed by atoms with Crippen LogP contribution in [-0.2, 0) is 9.59 Å². The van der Waals surface area contributed by atoms with Crippen LogP contribution in [0.15, 0.2) is 36.4 Å². The number of rotatable bonds is 7. The summed E-state index contributed by atoms with van der Waals surface area (Å²) in [6, 6.07) is 10.2. The van der Waals surface area contributed by atoms with Crippen LogP contribution in [0.4, 0.5) is 10.8 Å². The number of thiazole rings is 1. The smallest absolute Gasteiger partial charge is 0.265 e. The van der Waals surface area contributed by atoms with Crippen molar-refractivity contribution >= 4 is 67.4 Å². The van der Waals surface area contributed by atoms with E-state index < -0.39 is 6.10 Å². The van der Waals surface area contributed by atoms with Gasteiger partial charge in [-0.15, -0.1) is 0 Å². The van der Waals surface area contributed by atoms with E-state index in [1.54, 1.807) is 37.3 Å². The number of carbonyl (C=O) groups excluding carboxylic acids is 2. The van der Waals surface area contributed by atoms with Crippen LogP contribution in [0.1, 0.15) is 26.7 Å². The van der Waals surface area contributed by atoms with Crippen LogP contribution >= 0.6 is 34.5 Å². The lowest BCUT2D eigenvalue weighted by Crippen LogP contribution is -2.30. The maximum absolute atomic E-state index is 12.5. The quantitative estimate of drug-likeness (QED) is 0.479. The molecule has 3 aromatic rings. The minimum Gasteiger partial charge on any atom is -0.479 e. The van der Waals surface area contributed by atoms with Crippen molar-refractivity contribution in [2.45, 2.75) is 32.8 Å². The third-order valence-corrected chi connectivity index (χ3v) is 5.41. The van der Waals surface area contributed by atoms with E-state index in [1.807, 2.05) is 13.0 Å².